The highest BCUT2D eigenvalue weighted by Gasteiger charge is 2.22. The number of carbonyl (C=O) groups excluding carboxylic acids is 1. The summed E-state index contributed by atoms with van der Waals surface area (Å²) in [6, 6.07) is 5.87. The molecule has 88 valence electrons. The van der Waals surface area contributed by atoms with Crippen LogP contribution in [-0.2, 0) is 4.79 Å². The van der Waals surface area contributed by atoms with Crippen molar-refractivity contribution in [2.75, 3.05) is 0 Å². The number of aryl methyl sites for hydroxylation is 1. The Balaban J connectivity index is 3.11. The summed E-state index contributed by atoms with van der Waals surface area (Å²) >= 11 is 5.99. The molecule has 0 fully saturated rings. The summed E-state index contributed by atoms with van der Waals surface area (Å²) < 4.78 is 0. The molecule has 1 unspecified atom stereocenters. The molecule has 0 aliphatic rings. The third-order valence-corrected chi connectivity index (χ3v) is 3.33. The van der Waals surface area contributed by atoms with Crippen molar-refractivity contribution in [3.05, 3.63) is 34.3 Å². The second-order valence-corrected chi connectivity index (χ2v) is 4.96. The van der Waals surface area contributed by atoms with Gasteiger partial charge in [-0.3, -0.25) is 4.79 Å². The Morgan fingerprint density at radius 3 is 2.44 bits per heavy atom. The zero-order valence-electron chi connectivity index (χ0n) is 10.4. The monoisotopic (exact) mass is 238 g/mol. The number of halogens is 1. The molecule has 1 nitrogen and oxygen atoms in total. The Labute approximate surface area is 103 Å². The molecule has 0 saturated carbocycles. The lowest BCUT2D eigenvalue weighted by molar-refractivity contribution is -0.121. The van der Waals surface area contributed by atoms with E-state index in [4.69, 9.17) is 11.6 Å². The summed E-state index contributed by atoms with van der Waals surface area (Å²) in [7, 11) is 0. The van der Waals surface area contributed by atoms with Crippen LogP contribution in [-0.4, -0.2) is 5.78 Å². The largest absolute Gasteiger partial charge is 0.299 e. The molecular weight excluding hydrogens is 220 g/mol. The maximum atomic E-state index is 11.9. The third kappa shape index (κ3) is 2.85. The van der Waals surface area contributed by atoms with Gasteiger partial charge >= 0.3 is 0 Å². The number of rotatable bonds is 4. The van der Waals surface area contributed by atoms with Gasteiger partial charge in [-0.2, -0.15) is 0 Å². The SMILES string of the molecule is CCC(=O)C(c1ccc(Cl)c(C)c1)C(C)C. The van der Waals surface area contributed by atoms with Crippen LogP contribution in [0.25, 0.3) is 0 Å². The van der Waals surface area contributed by atoms with Crippen LogP contribution in [0.3, 0.4) is 0 Å². The van der Waals surface area contributed by atoms with Gasteiger partial charge in [-0.25, -0.2) is 0 Å². The lowest BCUT2D eigenvalue weighted by Gasteiger charge is -2.20. The number of benzene rings is 1. The van der Waals surface area contributed by atoms with Crippen LogP contribution in [0, 0.1) is 12.8 Å². The van der Waals surface area contributed by atoms with Crippen LogP contribution >= 0.6 is 11.6 Å². The van der Waals surface area contributed by atoms with Crippen LogP contribution in [0.15, 0.2) is 18.2 Å². The van der Waals surface area contributed by atoms with Gasteiger partial charge in [-0.1, -0.05) is 44.5 Å². The average molecular weight is 239 g/mol. The molecule has 0 N–H and O–H groups in total. The fraction of sp³-hybridized carbons (Fsp3) is 0.500. The minimum absolute atomic E-state index is 0.000895. The maximum Gasteiger partial charge on any atom is 0.140 e. The first kappa shape index (κ1) is 13.2. The molecule has 0 saturated heterocycles. The topological polar surface area (TPSA) is 17.1 Å². The average Bonchev–Trinajstić information content (AvgIpc) is 2.22. The molecular formula is C14H19ClO. The van der Waals surface area contributed by atoms with Crippen LogP contribution in [0.1, 0.15) is 44.2 Å². The zero-order chi connectivity index (χ0) is 12.3. The highest BCUT2D eigenvalue weighted by molar-refractivity contribution is 6.31. The summed E-state index contributed by atoms with van der Waals surface area (Å²) in [5, 5.41) is 0.759. The second kappa shape index (κ2) is 5.49. The summed E-state index contributed by atoms with van der Waals surface area (Å²) in [5.41, 5.74) is 2.12. The Morgan fingerprint density at radius 2 is 2.00 bits per heavy atom. The number of carbonyl (C=O) groups is 1. The Hall–Kier alpha value is -0.820. The lowest BCUT2D eigenvalue weighted by Crippen LogP contribution is -2.17. The van der Waals surface area contributed by atoms with Gasteiger partial charge in [0.15, 0.2) is 0 Å². The predicted octanol–water partition coefficient (Wildman–Crippen LogP) is 4.37. The summed E-state index contributed by atoms with van der Waals surface area (Å²) in [6.07, 6.45) is 0.588. The van der Waals surface area contributed by atoms with E-state index >= 15 is 0 Å². The summed E-state index contributed by atoms with van der Waals surface area (Å²) in [4.78, 5) is 11.9. The van der Waals surface area contributed by atoms with E-state index in [-0.39, 0.29) is 5.92 Å². The fourth-order valence-corrected chi connectivity index (χ4v) is 2.14. The molecule has 16 heavy (non-hydrogen) atoms. The molecule has 0 bridgehead atoms. The van der Waals surface area contributed by atoms with E-state index < -0.39 is 0 Å². The Kier molecular flexibility index (Phi) is 4.55. The molecule has 2 heteroatoms. The van der Waals surface area contributed by atoms with Gasteiger partial charge in [0.1, 0.15) is 5.78 Å². The van der Waals surface area contributed by atoms with E-state index in [1.807, 2.05) is 32.0 Å². The van der Waals surface area contributed by atoms with E-state index in [9.17, 15) is 4.79 Å². The van der Waals surface area contributed by atoms with Crippen molar-refractivity contribution in [3.8, 4) is 0 Å². The third-order valence-electron chi connectivity index (χ3n) is 2.90. The number of hydrogen-bond acceptors (Lipinski definition) is 1. The van der Waals surface area contributed by atoms with Crippen molar-refractivity contribution in [3.63, 3.8) is 0 Å². The molecule has 1 atom stereocenters. The number of ketones is 1. The predicted molar refractivity (Wildman–Crippen MR) is 69.1 cm³/mol. The lowest BCUT2D eigenvalue weighted by atomic mass is 9.83. The summed E-state index contributed by atoms with van der Waals surface area (Å²) in [5.74, 6) is 0.630. The molecule has 0 heterocycles. The number of Topliss-reactive ketones (excluding diaryl/α,β-unsaturated/α-hetero) is 1. The highest BCUT2D eigenvalue weighted by Crippen LogP contribution is 2.29. The van der Waals surface area contributed by atoms with Gasteiger partial charge in [0.05, 0.1) is 0 Å². The fourth-order valence-electron chi connectivity index (χ4n) is 2.02. The zero-order valence-corrected chi connectivity index (χ0v) is 11.1. The minimum Gasteiger partial charge on any atom is -0.299 e. The van der Waals surface area contributed by atoms with E-state index in [0.29, 0.717) is 18.1 Å². The van der Waals surface area contributed by atoms with Crippen LogP contribution in [0.2, 0.25) is 5.02 Å². The van der Waals surface area contributed by atoms with Crippen LogP contribution in [0.4, 0.5) is 0 Å². The Morgan fingerprint density at radius 1 is 1.38 bits per heavy atom. The molecule has 0 aliphatic carbocycles. The smallest absolute Gasteiger partial charge is 0.140 e. The van der Waals surface area contributed by atoms with E-state index in [1.54, 1.807) is 0 Å². The highest BCUT2D eigenvalue weighted by atomic mass is 35.5. The molecule has 1 rings (SSSR count). The van der Waals surface area contributed by atoms with E-state index in [0.717, 1.165) is 16.1 Å². The summed E-state index contributed by atoms with van der Waals surface area (Å²) in [6.45, 7) is 8.06. The van der Waals surface area contributed by atoms with Gasteiger partial charge in [0.2, 0.25) is 0 Å². The molecule has 0 aliphatic heterocycles. The molecule has 0 spiro atoms. The first-order valence-electron chi connectivity index (χ1n) is 5.76. The first-order chi connectivity index (χ1) is 7.47. The standard InChI is InChI=1S/C14H19ClO/c1-5-13(16)14(9(2)3)11-6-7-12(15)10(4)8-11/h6-9,14H,5H2,1-4H3. The number of hydrogen-bond donors (Lipinski definition) is 0. The molecule has 1 aromatic rings. The van der Waals surface area contributed by atoms with Gasteiger partial charge in [-0.05, 0) is 30.0 Å². The van der Waals surface area contributed by atoms with E-state index in [2.05, 4.69) is 13.8 Å². The molecule has 1 aromatic carbocycles. The van der Waals surface area contributed by atoms with E-state index in [1.165, 1.54) is 0 Å². The van der Waals surface area contributed by atoms with Crippen molar-refractivity contribution >= 4 is 17.4 Å². The molecule has 0 aromatic heterocycles. The van der Waals surface area contributed by atoms with Crippen molar-refractivity contribution in [1.29, 1.82) is 0 Å². The molecule has 0 amide bonds. The normalized spacial score (nSPS) is 12.9. The maximum absolute atomic E-state index is 11.9. The Bertz CT molecular complexity index is 382. The van der Waals surface area contributed by atoms with Crippen molar-refractivity contribution in [2.24, 2.45) is 5.92 Å². The van der Waals surface area contributed by atoms with Crippen molar-refractivity contribution < 1.29 is 4.79 Å². The second-order valence-electron chi connectivity index (χ2n) is 4.55. The van der Waals surface area contributed by atoms with Gasteiger partial charge in [0.25, 0.3) is 0 Å². The van der Waals surface area contributed by atoms with Crippen LogP contribution in [0.5, 0.6) is 0 Å². The van der Waals surface area contributed by atoms with Crippen molar-refractivity contribution in [2.45, 2.75) is 40.0 Å². The van der Waals surface area contributed by atoms with Crippen LogP contribution < -0.4 is 0 Å². The van der Waals surface area contributed by atoms with Gasteiger partial charge in [-0.15, -0.1) is 0 Å². The van der Waals surface area contributed by atoms with Gasteiger partial charge in [0, 0.05) is 17.4 Å². The van der Waals surface area contributed by atoms with Crippen molar-refractivity contribution in [1.82, 2.24) is 0 Å². The quantitative estimate of drug-likeness (QED) is 0.762. The minimum atomic E-state index is 0.000895. The van der Waals surface area contributed by atoms with Gasteiger partial charge < -0.3 is 0 Å². The molecule has 0 radical (unpaired) electrons. The first-order valence-corrected chi connectivity index (χ1v) is 6.14.